The van der Waals surface area contributed by atoms with Crippen molar-refractivity contribution in [1.82, 2.24) is 9.97 Å². The van der Waals surface area contributed by atoms with Crippen molar-refractivity contribution in [2.24, 2.45) is 11.3 Å². The van der Waals surface area contributed by atoms with E-state index < -0.39 is 0 Å². The van der Waals surface area contributed by atoms with Crippen LogP contribution in [0.1, 0.15) is 37.6 Å². The Kier molecular flexibility index (Phi) is 3.48. The van der Waals surface area contributed by atoms with E-state index in [2.05, 4.69) is 16.9 Å². The van der Waals surface area contributed by atoms with E-state index in [0.717, 1.165) is 23.7 Å². The van der Waals surface area contributed by atoms with E-state index in [1.165, 1.54) is 24.6 Å². The molecule has 2 aliphatic carbocycles. The van der Waals surface area contributed by atoms with Crippen molar-refractivity contribution in [3.05, 3.63) is 17.5 Å². The lowest BCUT2D eigenvalue weighted by Gasteiger charge is -2.61. The molecule has 20 heavy (non-hydrogen) atoms. The monoisotopic (exact) mass is 292 g/mol. The fourth-order valence-corrected chi connectivity index (χ4v) is 3.97. The number of nitrogens with zero attached hydrogens (tertiary/aromatic N) is 2. The standard InChI is InChI=1S/C15H20N2O2S/c1-9-6-10(2)17-14(16-9)20-8-13(18)19-12-7-11-4-5-15(11,12)3/h6,11-12H,4-5,7-8H2,1-3H3/t11-,12+,15-/m0/s1. The van der Waals surface area contributed by atoms with Gasteiger partial charge in [0.2, 0.25) is 0 Å². The molecular formula is C15H20N2O2S. The lowest BCUT2D eigenvalue weighted by atomic mass is 9.47. The summed E-state index contributed by atoms with van der Waals surface area (Å²) in [5.41, 5.74) is 2.13. The lowest BCUT2D eigenvalue weighted by molar-refractivity contribution is -0.205. The predicted molar refractivity (Wildman–Crippen MR) is 77.6 cm³/mol. The van der Waals surface area contributed by atoms with Gasteiger partial charge in [0, 0.05) is 16.8 Å². The highest BCUT2D eigenvalue weighted by Gasteiger charge is 2.59. The van der Waals surface area contributed by atoms with Crippen LogP contribution in [0.25, 0.3) is 0 Å². The zero-order valence-corrected chi connectivity index (χ0v) is 13.0. The SMILES string of the molecule is Cc1cc(C)nc(SCC(=O)O[C@@H]2C[C@@H]3CC[C@@]32C)n1. The molecule has 0 saturated heterocycles. The second kappa shape index (κ2) is 5.02. The average Bonchev–Trinajstić information content (AvgIpc) is 2.38. The van der Waals surface area contributed by atoms with Crippen LogP contribution in [0.5, 0.6) is 0 Å². The van der Waals surface area contributed by atoms with Crippen LogP contribution in [0.15, 0.2) is 11.2 Å². The normalized spacial score (nSPS) is 30.9. The molecule has 108 valence electrons. The smallest absolute Gasteiger partial charge is 0.316 e. The van der Waals surface area contributed by atoms with Crippen molar-refractivity contribution in [1.29, 1.82) is 0 Å². The van der Waals surface area contributed by atoms with Gasteiger partial charge in [-0.2, -0.15) is 0 Å². The van der Waals surface area contributed by atoms with Gasteiger partial charge >= 0.3 is 5.97 Å². The van der Waals surface area contributed by atoms with Crippen LogP contribution in [0, 0.1) is 25.2 Å². The van der Waals surface area contributed by atoms with Crippen molar-refractivity contribution in [2.45, 2.75) is 51.3 Å². The first-order chi connectivity index (χ1) is 9.47. The zero-order valence-electron chi connectivity index (χ0n) is 12.2. The molecule has 2 fully saturated rings. The van der Waals surface area contributed by atoms with Gasteiger partial charge < -0.3 is 4.74 Å². The lowest BCUT2D eigenvalue weighted by Crippen LogP contribution is -2.59. The summed E-state index contributed by atoms with van der Waals surface area (Å²) in [4.78, 5) is 20.5. The Morgan fingerprint density at radius 2 is 2.15 bits per heavy atom. The van der Waals surface area contributed by atoms with Gasteiger partial charge in [-0.15, -0.1) is 0 Å². The van der Waals surface area contributed by atoms with Gasteiger partial charge in [0.05, 0.1) is 5.75 Å². The average molecular weight is 292 g/mol. The van der Waals surface area contributed by atoms with Crippen LogP contribution in [0.3, 0.4) is 0 Å². The summed E-state index contributed by atoms with van der Waals surface area (Å²) >= 11 is 1.36. The molecule has 5 heteroatoms. The van der Waals surface area contributed by atoms with Gasteiger partial charge in [0.25, 0.3) is 0 Å². The number of hydrogen-bond acceptors (Lipinski definition) is 5. The van der Waals surface area contributed by atoms with E-state index in [1.54, 1.807) is 0 Å². The maximum Gasteiger partial charge on any atom is 0.316 e. The van der Waals surface area contributed by atoms with Gasteiger partial charge in [0.15, 0.2) is 5.16 Å². The summed E-state index contributed by atoms with van der Waals surface area (Å²) < 4.78 is 5.59. The number of esters is 1. The molecule has 1 heterocycles. The summed E-state index contributed by atoms with van der Waals surface area (Å²) in [7, 11) is 0. The Balaban J connectivity index is 1.50. The van der Waals surface area contributed by atoms with Crippen LogP contribution in [-0.4, -0.2) is 27.8 Å². The minimum absolute atomic E-state index is 0.134. The largest absolute Gasteiger partial charge is 0.461 e. The Hall–Kier alpha value is -1.10. The summed E-state index contributed by atoms with van der Waals surface area (Å²) in [6.07, 6.45) is 3.68. The third-order valence-corrected chi connectivity index (χ3v) is 5.57. The van der Waals surface area contributed by atoms with Crippen LogP contribution in [-0.2, 0) is 9.53 Å². The highest BCUT2D eigenvalue weighted by molar-refractivity contribution is 7.99. The number of carbonyl (C=O) groups excluding carboxylic acids is 1. The summed E-state index contributed by atoms with van der Waals surface area (Å²) in [6.45, 7) is 6.11. The van der Waals surface area contributed by atoms with Crippen LogP contribution < -0.4 is 0 Å². The van der Waals surface area contributed by atoms with E-state index in [4.69, 9.17) is 4.74 Å². The molecule has 0 amide bonds. The van der Waals surface area contributed by atoms with E-state index in [1.807, 2.05) is 19.9 Å². The van der Waals surface area contributed by atoms with Gasteiger partial charge in [-0.3, -0.25) is 4.79 Å². The van der Waals surface area contributed by atoms with Crippen molar-refractivity contribution < 1.29 is 9.53 Å². The van der Waals surface area contributed by atoms with Crippen molar-refractivity contribution in [2.75, 3.05) is 5.75 Å². The molecule has 4 nitrogen and oxygen atoms in total. The van der Waals surface area contributed by atoms with Crippen LogP contribution in [0.4, 0.5) is 0 Å². The summed E-state index contributed by atoms with van der Waals surface area (Å²) in [5.74, 6) is 0.935. The van der Waals surface area contributed by atoms with E-state index in [9.17, 15) is 4.79 Å². The first-order valence-corrected chi connectivity index (χ1v) is 8.10. The number of aromatic nitrogens is 2. The molecule has 1 aromatic heterocycles. The number of carbonyl (C=O) groups is 1. The fraction of sp³-hybridized carbons (Fsp3) is 0.667. The fourth-order valence-electron chi connectivity index (χ4n) is 3.24. The van der Waals surface area contributed by atoms with Gasteiger partial charge in [0.1, 0.15) is 6.10 Å². The summed E-state index contributed by atoms with van der Waals surface area (Å²) in [5, 5.41) is 0.654. The molecule has 3 rings (SSSR count). The highest BCUT2D eigenvalue weighted by Crippen LogP contribution is 2.61. The molecule has 0 N–H and O–H groups in total. The molecule has 0 bridgehead atoms. The minimum atomic E-state index is -0.144. The highest BCUT2D eigenvalue weighted by atomic mass is 32.2. The first-order valence-electron chi connectivity index (χ1n) is 7.12. The van der Waals surface area contributed by atoms with Gasteiger partial charge in [-0.1, -0.05) is 18.7 Å². The second-order valence-electron chi connectivity index (χ2n) is 6.18. The van der Waals surface area contributed by atoms with Crippen LogP contribution >= 0.6 is 11.8 Å². The third kappa shape index (κ3) is 2.43. The number of thioether (sulfide) groups is 1. The maximum absolute atomic E-state index is 11.9. The molecule has 0 radical (unpaired) electrons. The molecule has 0 spiro atoms. The quantitative estimate of drug-likeness (QED) is 0.485. The Morgan fingerprint density at radius 3 is 2.65 bits per heavy atom. The number of aryl methyl sites for hydroxylation is 2. The molecule has 0 aliphatic heterocycles. The molecule has 3 atom stereocenters. The second-order valence-corrected chi connectivity index (χ2v) is 7.12. The number of ether oxygens (including phenoxy) is 1. The molecule has 2 saturated carbocycles. The Bertz CT molecular complexity index is 528. The third-order valence-electron chi connectivity index (χ3n) is 4.75. The van der Waals surface area contributed by atoms with E-state index in [-0.39, 0.29) is 17.5 Å². The Morgan fingerprint density at radius 1 is 1.45 bits per heavy atom. The Labute approximate surface area is 123 Å². The van der Waals surface area contributed by atoms with Crippen molar-refractivity contribution >= 4 is 17.7 Å². The molecule has 0 unspecified atom stereocenters. The van der Waals surface area contributed by atoms with Gasteiger partial charge in [-0.05, 0) is 45.1 Å². The van der Waals surface area contributed by atoms with E-state index >= 15 is 0 Å². The molecular weight excluding hydrogens is 272 g/mol. The number of rotatable bonds is 4. The summed E-state index contributed by atoms with van der Waals surface area (Å²) in [6, 6.07) is 1.92. The molecule has 1 aromatic rings. The molecule has 0 aromatic carbocycles. The first kappa shape index (κ1) is 13.9. The predicted octanol–water partition coefficient (Wildman–Crippen LogP) is 2.92. The van der Waals surface area contributed by atoms with E-state index in [0.29, 0.717) is 10.9 Å². The minimum Gasteiger partial charge on any atom is -0.461 e. The van der Waals surface area contributed by atoms with Crippen molar-refractivity contribution in [3.8, 4) is 0 Å². The number of hydrogen-bond donors (Lipinski definition) is 0. The maximum atomic E-state index is 11.9. The van der Waals surface area contributed by atoms with Crippen molar-refractivity contribution in [3.63, 3.8) is 0 Å². The zero-order chi connectivity index (χ0) is 14.3. The number of fused-ring (bicyclic) bond motifs is 1. The molecule has 2 aliphatic rings. The van der Waals surface area contributed by atoms with Gasteiger partial charge in [-0.25, -0.2) is 9.97 Å². The topological polar surface area (TPSA) is 52.1 Å². The van der Waals surface area contributed by atoms with Crippen LogP contribution in [0.2, 0.25) is 0 Å².